The average Bonchev–Trinajstić information content (AvgIpc) is 3.17. The van der Waals surface area contributed by atoms with E-state index in [-0.39, 0.29) is 24.4 Å². The summed E-state index contributed by atoms with van der Waals surface area (Å²) >= 11 is 0. The highest BCUT2D eigenvalue weighted by atomic mass is 16.5. The summed E-state index contributed by atoms with van der Waals surface area (Å²) < 4.78 is 5.16. The molecular formula is C18H21NO3. The monoisotopic (exact) mass is 299 g/mol. The molecule has 0 saturated heterocycles. The Morgan fingerprint density at radius 3 is 2.64 bits per heavy atom. The minimum atomic E-state index is -0.233. The van der Waals surface area contributed by atoms with Crippen LogP contribution in [0.15, 0.2) is 42.5 Å². The quantitative estimate of drug-likeness (QED) is 0.646. The summed E-state index contributed by atoms with van der Waals surface area (Å²) in [4.78, 5) is 23.7. The standard InChI is InChI=1S/C18H21NO3/c20-17(19-9-8-13-4-2-1-3-5-13)12-22-18(21)16-11-14-6-7-15(16)10-14/h1-7,14-16H,8-12H2,(H,19,20)/t14-,15+,16+/m0/s1. The van der Waals surface area contributed by atoms with Crippen LogP contribution in [-0.2, 0) is 20.7 Å². The number of hydrogen-bond acceptors (Lipinski definition) is 3. The van der Waals surface area contributed by atoms with Crippen LogP contribution in [0.3, 0.4) is 0 Å². The van der Waals surface area contributed by atoms with E-state index in [1.807, 2.05) is 30.3 Å². The summed E-state index contributed by atoms with van der Waals surface area (Å²) in [6.45, 7) is 0.377. The number of carbonyl (C=O) groups is 2. The molecule has 4 nitrogen and oxygen atoms in total. The van der Waals surface area contributed by atoms with E-state index in [4.69, 9.17) is 4.74 Å². The maximum atomic E-state index is 12.0. The molecule has 0 heterocycles. The van der Waals surface area contributed by atoms with E-state index in [0.717, 1.165) is 19.3 Å². The van der Waals surface area contributed by atoms with Crippen LogP contribution >= 0.6 is 0 Å². The largest absolute Gasteiger partial charge is 0.455 e. The third-order valence-corrected chi connectivity index (χ3v) is 4.51. The highest BCUT2D eigenvalue weighted by Gasteiger charge is 2.40. The molecule has 1 N–H and O–H groups in total. The molecule has 0 unspecified atom stereocenters. The van der Waals surface area contributed by atoms with Gasteiger partial charge in [0.15, 0.2) is 6.61 Å². The van der Waals surface area contributed by atoms with Crippen molar-refractivity contribution < 1.29 is 14.3 Å². The van der Waals surface area contributed by atoms with Crippen LogP contribution in [0.1, 0.15) is 18.4 Å². The number of ether oxygens (including phenoxy) is 1. The van der Waals surface area contributed by atoms with Crippen LogP contribution < -0.4 is 5.32 Å². The summed E-state index contributed by atoms with van der Waals surface area (Å²) in [5.74, 6) is 0.339. The van der Waals surface area contributed by atoms with E-state index in [9.17, 15) is 9.59 Å². The normalized spacial score (nSPS) is 25.2. The van der Waals surface area contributed by atoms with Crippen molar-refractivity contribution in [2.24, 2.45) is 17.8 Å². The number of esters is 1. The highest BCUT2D eigenvalue weighted by molar-refractivity contribution is 5.81. The average molecular weight is 299 g/mol. The molecule has 22 heavy (non-hydrogen) atoms. The summed E-state index contributed by atoms with van der Waals surface area (Å²) in [5, 5.41) is 2.78. The minimum absolute atomic E-state index is 0.0490. The Hall–Kier alpha value is -2.10. The summed E-state index contributed by atoms with van der Waals surface area (Å²) in [7, 11) is 0. The first kappa shape index (κ1) is 14.8. The Kier molecular flexibility index (Phi) is 4.56. The summed E-state index contributed by atoms with van der Waals surface area (Å²) in [6.07, 6.45) is 7.00. The predicted molar refractivity (Wildman–Crippen MR) is 83.0 cm³/mol. The highest BCUT2D eigenvalue weighted by Crippen LogP contribution is 2.43. The minimum Gasteiger partial charge on any atom is -0.455 e. The van der Waals surface area contributed by atoms with Crippen LogP contribution in [0.4, 0.5) is 0 Å². The zero-order chi connectivity index (χ0) is 15.4. The zero-order valence-corrected chi connectivity index (χ0v) is 12.5. The van der Waals surface area contributed by atoms with Crippen LogP contribution in [0.25, 0.3) is 0 Å². The molecule has 116 valence electrons. The first-order chi connectivity index (χ1) is 10.7. The molecular weight excluding hydrogens is 278 g/mol. The van der Waals surface area contributed by atoms with Gasteiger partial charge in [-0.2, -0.15) is 0 Å². The van der Waals surface area contributed by atoms with E-state index >= 15 is 0 Å². The number of carbonyl (C=O) groups excluding carboxylic acids is 2. The predicted octanol–water partition coefficient (Wildman–Crippen LogP) is 2.10. The maximum absolute atomic E-state index is 12.0. The third kappa shape index (κ3) is 3.56. The van der Waals surface area contributed by atoms with Crippen molar-refractivity contribution in [3.05, 3.63) is 48.0 Å². The molecule has 3 atom stereocenters. The van der Waals surface area contributed by atoms with Crippen molar-refractivity contribution >= 4 is 11.9 Å². The number of fused-ring (bicyclic) bond motifs is 2. The van der Waals surface area contributed by atoms with Gasteiger partial charge in [-0.05, 0) is 36.7 Å². The molecule has 2 aliphatic rings. The molecule has 0 radical (unpaired) electrons. The fraction of sp³-hybridized carbons (Fsp3) is 0.444. The van der Waals surface area contributed by atoms with Gasteiger partial charge < -0.3 is 10.1 Å². The molecule has 1 fully saturated rings. The van der Waals surface area contributed by atoms with Crippen LogP contribution in [-0.4, -0.2) is 25.0 Å². The fourth-order valence-corrected chi connectivity index (χ4v) is 3.34. The number of amides is 1. The van der Waals surface area contributed by atoms with E-state index in [1.54, 1.807) is 0 Å². The topological polar surface area (TPSA) is 55.4 Å². The summed E-state index contributed by atoms with van der Waals surface area (Å²) in [6, 6.07) is 9.96. The molecule has 4 heteroatoms. The van der Waals surface area contributed by atoms with Crippen molar-refractivity contribution in [1.82, 2.24) is 5.32 Å². The molecule has 1 amide bonds. The van der Waals surface area contributed by atoms with Crippen molar-refractivity contribution in [3.63, 3.8) is 0 Å². The van der Waals surface area contributed by atoms with Gasteiger partial charge in [0.25, 0.3) is 5.91 Å². The van der Waals surface area contributed by atoms with Gasteiger partial charge in [-0.15, -0.1) is 0 Å². The van der Waals surface area contributed by atoms with Gasteiger partial charge in [0.05, 0.1) is 5.92 Å². The second kappa shape index (κ2) is 6.77. The van der Waals surface area contributed by atoms with Crippen molar-refractivity contribution in [3.8, 4) is 0 Å². The molecule has 1 aromatic rings. The molecule has 0 aliphatic heterocycles. The van der Waals surface area contributed by atoms with Gasteiger partial charge in [0.1, 0.15) is 0 Å². The third-order valence-electron chi connectivity index (χ3n) is 4.51. The van der Waals surface area contributed by atoms with E-state index in [1.165, 1.54) is 5.56 Å². The second-order valence-corrected chi connectivity index (χ2v) is 6.08. The lowest BCUT2D eigenvalue weighted by atomic mass is 9.94. The number of nitrogens with one attached hydrogen (secondary N) is 1. The summed E-state index contributed by atoms with van der Waals surface area (Å²) in [5.41, 5.74) is 1.17. The van der Waals surface area contributed by atoms with Crippen molar-refractivity contribution in [2.75, 3.05) is 13.2 Å². The number of rotatable bonds is 6. The SMILES string of the molecule is O=C(COC(=O)[C@@H]1C[C@H]2C=C[C@@H]1C2)NCCc1ccccc1. The van der Waals surface area contributed by atoms with Crippen molar-refractivity contribution in [2.45, 2.75) is 19.3 Å². The Morgan fingerprint density at radius 1 is 1.14 bits per heavy atom. The maximum Gasteiger partial charge on any atom is 0.310 e. The number of benzene rings is 1. The van der Waals surface area contributed by atoms with Gasteiger partial charge in [0.2, 0.25) is 0 Å². The Bertz CT molecular complexity index is 567. The molecule has 1 aromatic carbocycles. The van der Waals surface area contributed by atoms with Gasteiger partial charge in [-0.3, -0.25) is 9.59 Å². The van der Waals surface area contributed by atoms with Crippen molar-refractivity contribution in [1.29, 1.82) is 0 Å². The van der Waals surface area contributed by atoms with Gasteiger partial charge in [-0.25, -0.2) is 0 Å². The van der Waals surface area contributed by atoms with Crippen LogP contribution in [0.2, 0.25) is 0 Å². The lowest BCUT2D eigenvalue weighted by Crippen LogP contribution is -2.32. The van der Waals surface area contributed by atoms with Crippen LogP contribution in [0.5, 0.6) is 0 Å². The lowest BCUT2D eigenvalue weighted by Gasteiger charge is -2.16. The number of allylic oxidation sites excluding steroid dienone is 2. The first-order valence-corrected chi connectivity index (χ1v) is 7.88. The Labute approximate surface area is 130 Å². The zero-order valence-electron chi connectivity index (χ0n) is 12.5. The van der Waals surface area contributed by atoms with Gasteiger partial charge in [-0.1, -0.05) is 42.5 Å². The second-order valence-electron chi connectivity index (χ2n) is 6.08. The fourth-order valence-electron chi connectivity index (χ4n) is 3.34. The van der Waals surface area contributed by atoms with E-state index in [2.05, 4.69) is 17.5 Å². The molecule has 2 bridgehead atoms. The Balaban J connectivity index is 1.34. The van der Waals surface area contributed by atoms with Gasteiger partial charge in [0, 0.05) is 6.54 Å². The first-order valence-electron chi connectivity index (χ1n) is 7.88. The molecule has 2 aliphatic carbocycles. The number of hydrogen-bond donors (Lipinski definition) is 1. The van der Waals surface area contributed by atoms with Crippen LogP contribution in [0, 0.1) is 17.8 Å². The van der Waals surface area contributed by atoms with E-state index < -0.39 is 0 Å². The molecule has 1 saturated carbocycles. The smallest absolute Gasteiger partial charge is 0.310 e. The molecule has 0 aromatic heterocycles. The van der Waals surface area contributed by atoms with E-state index in [0.29, 0.717) is 18.4 Å². The molecule has 3 rings (SSSR count). The lowest BCUT2D eigenvalue weighted by molar-refractivity contribution is -0.153. The Morgan fingerprint density at radius 2 is 1.95 bits per heavy atom. The van der Waals surface area contributed by atoms with Gasteiger partial charge >= 0.3 is 5.97 Å². The molecule has 0 spiro atoms.